The van der Waals surface area contributed by atoms with Gasteiger partial charge in [-0.15, -0.1) is 10.2 Å². The van der Waals surface area contributed by atoms with E-state index in [1.165, 1.54) is 4.80 Å². The number of aliphatic hydroxyl groups excluding tert-OH is 1. The molecule has 8 nitrogen and oxygen atoms in total. The summed E-state index contributed by atoms with van der Waals surface area (Å²) in [5.41, 5.74) is 0.689. The maximum atomic E-state index is 12.1. The van der Waals surface area contributed by atoms with Gasteiger partial charge >= 0.3 is 0 Å². The van der Waals surface area contributed by atoms with Crippen LogP contribution in [0.25, 0.3) is 0 Å². The molecule has 1 aliphatic rings. The number of aromatic nitrogens is 4. The minimum absolute atomic E-state index is 0.0732. The maximum Gasteiger partial charge on any atom is 0.261 e. The predicted molar refractivity (Wildman–Crippen MR) is 65.6 cm³/mol. The number of amides is 2. The van der Waals surface area contributed by atoms with Crippen LogP contribution in [0.4, 0.5) is 0 Å². The highest BCUT2D eigenvalue weighted by Crippen LogP contribution is 2.24. The molecular weight excluding hydrogens is 262 g/mol. The summed E-state index contributed by atoms with van der Waals surface area (Å²) in [6, 6.07) is 6.55. The standard InChI is InChI=1S/C12H11N5O3/c1-16-14-10(13-15-16)9(18)6-17-11(19)7-4-2-3-5-8(7)12(17)20/h2-5,9,18H,6H2,1H3/t9-/m0/s1. The lowest BCUT2D eigenvalue weighted by atomic mass is 10.1. The highest BCUT2D eigenvalue weighted by molar-refractivity contribution is 6.21. The molecule has 102 valence electrons. The average Bonchev–Trinajstić information content (AvgIpc) is 2.98. The molecule has 0 spiro atoms. The Morgan fingerprint density at radius 3 is 2.30 bits per heavy atom. The minimum atomic E-state index is -1.16. The lowest BCUT2D eigenvalue weighted by Crippen LogP contribution is -2.34. The molecule has 1 aliphatic heterocycles. The van der Waals surface area contributed by atoms with Crippen LogP contribution in [-0.4, -0.2) is 48.6 Å². The van der Waals surface area contributed by atoms with Crippen LogP contribution in [0.15, 0.2) is 24.3 Å². The Labute approximate surface area is 113 Å². The molecule has 2 amide bonds. The lowest BCUT2D eigenvalue weighted by Gasteiger charge is -2.16. The molecule has 0 radical (unpaired) electrons. The highest BCUT2D eigenvalue weighted by atomic mass is 16.3. The van der Waals surface area contributed by atoms with Crippen LogP contribution in [-0.2, 0) is 7.05 Å². The number of aliphatic hydroxyl groups is 1. The third-order valence-electron chi connectivity index (χ3n) is 3.06. The molecule has 0 fully saturated rings. The first-order valence-corrected chi connectivity index (χ1v) is 5.95. The number of tetrazole rings is 1. The molecule has 2 heterocycles. The van der Waals surface area contributed by atoms with Crippen molar-refractivity contribution in [3.05, 3.63) is 41.2 Å². The molecule has 1 N–H and O–H groups in total. The van der Waals surface area contributed by atoms with E-state index in [0.29, 0.717) is 11.1 Å². The number of hydrogen-bond donors (Lipinski definition) is 1. The van der Waals surface area contributed by atoms with Gasteiger partial charge in [0.15, 0.2) is 0 Å². The van der Waals surface area contributed by atoms with Crippen LogP contribution in [0, 0.1) is 0 Å². The van der Waals surface area contributed by atoms with Gasteiger partial charge < -0.3 is 5.11 Å². The molecule has 1 aromatic heterocycles. The molecule has 8 heteroatoms. The van der Waals surface area contributed by atoms with Crippen molar-refractivity contribution in [3.63, 3.8) is 0 Å². The van der Waals surface area contributed by atoms with Gasteiger partial charge in [0, 0.05) is 0 Å². The zero-order chi connectivity index (χ0) is 14.3. The van der Waals surface area contributed by atoms with E-state index in [0.717, 1.165) is 4.90 Å². The van der Waals surface area contributed by atoms with Gasteiger partial charge in [-0.05, 0) is 17.3 Å². The van der Waals surface area contributed by atoms with Crippen molar-refractivity contribution < 1.29 is 14.7 Å². The maximum absolute atomic E-state index is 12.1. The van der Waals surface area contributed by atoms with Crippen LogP contribution in [0.3, 0.4) is 0 Å². The van der Waals surface area contributed by atoms with Crippen molar-refractivity contribution in [3.8, 4) is 0 Å². The lowest BCUT2D eigenvalue weighted by molar-refractivity contribution is 0.0532. The highest BCUT2D eigenvalue weighted by Gasteiger charge is 2.36. The normalized spacial score (nSPS) is 15.6. The zero-order valence-electron chi connectivity index (χ0n) is 10.6. The van der Waals surface area contributed by atoms with Crippen molar-refractivity contribution in [2.45, 2.75) is 6.10 Å². The van der Waals surface area contributed by atoms with Gasteiger partial charge in [-0.25, -0.2) is 0 Å². The molecule has 2 aromatic rings. The monoisotopic (exact) mass is 273 g/mol. The van der Waals surface area contributed by atoms with E-state index >= 15 is 0 Å². The molecule has 20 heavy (non-hydrogen) atoms. The molecule has 1 aromatic carbocycles. The van der Waals surface area contributed by atoms with Gasteiger partial charge in [0.25, 0.3) is 11.8 Å². The first-order chi connectivity index (χ1) is 9.58. The number of aryl methyl sites for hydroxylation is 1. The summed E-state index contributed by atoms with van der Waals surface area (Å²) >= 11 is 0. The van der Waals surface area contributed by atoms with E-state index < -0.39 is 17.9 Å². The van der Waals surface area contributed by atoms with E-state index in [9.17, 15) is 14.7 Å². The number of benzene rings is 1. The number of imide groups is 1. The van der Waals surface area contributed by atoms with Gasteiger partial charge in [-0.3, -0.25) is 14.5 Å². The number of fused-ring (bicyclic) bond motifs is 1. The second-order valence-electron chi connectivity index (χ2n) is 4.42. The Hall–Kier alpha value is -2.61. The second-order valence-corrected chi connectivity index (χ2v) is 4.42. The Balaban J connectivity index is 1.83. The smallest absolute Gasteiger partial charge is 0.261 e. The first kappa shape index (κ1) is 12.4. The fraction of sp³-hybridized carbons (Fsp3) is 0.250. The van der Waals surface area contributed by atoms with Crippen LogP contribution in [0.2, 0.25) is 0 Å². The first-order valence-electron chi connectivity index (χ1n) is 5.95. The van der Waals surface area contributed by atoms with Gasteiger partial charge in [-0.2, -0.15) is 4.80 Å². The molecular formula is C12H11N5O3. The topological polar surface area (TPSA) is 101 Å². The van der Waals surface area contributed by atoms with Crippen LogP contribution >= 0.6 is 0 Å². The van der Waals surface area contributed by atoms with Crippen molar-refractivity contribution in [2.75, 3.05) is 6.54 Å². The molecule has 3 rings (SSSR count). The van der Waals surface area contributed by atoms with Crippen LogP contribution < -0.4 is 0 Å². The van der Waals surface area contributed by atoms with E-state index in [4.69, 9.17) is 0 Å². The fourth-order valence-corrected chi connectivity index (χ4v) is 2.09. The second kappa shape index (κ2) is 4.49. The Bertz CT molecular complexity index is 661. The van der Waals surface area contributed by atoms with Gasteiger partial charge in [0.05, 0.1) is 24.7 Å². The zero-order valence-corrected chi connectivity index (χ0v) is 10.6. The van der Waals surface area contributed by atoms with Crippen molar-refractivity contribution in [1.29, 1.82) is 0 Å². The number of carbonyl (C=O) groups excluding carboxylic acids is 2. The van der Waals surface area contributed by atoms with E-state index in [1.54, 1.807) is 31.3 Å². The summed E-state index contributed by atoms with van der Waals surface area (Å²) in [5.74, 6) is -0.772. The van der Waals surface area contributed by atoms with E-state index in [2.05, 4.69) is 15.4 Å². The van der Waals surface area contributed by atoms with Crippen LogP contribution in [0.1, 0.15) is 32.6 Å². The molecule has 1 atom stereocenters. The third kappa shape index (κ3) is 1.86. The van der Waals surface area contributed by atoms with Crippen LogP contribution in [0.5, 0.6) is 0 Å². The summed E-state index contributed by atoms with van der Waals surface area (Å²) in [5, 5.41) is 21.1. The number of β-amino-alcohol motifs (C(OH)–C–C–N with tert-alkyl or cyclic N) is 1. The molecule has 0 aliphatic carbocycles. The van der Waals surface area contributed by atoms with Gasteiger partial charge in [0.2, 0.25) is 5.82 Å². The Morgan fingerprint density at radius 1 is 1.20 bits per heavy atom. The van der Waals surface area contributed by atoms with Crippen molar-refractivity contribution >= 4 is 11.8 Å². The summed E-state index contributed by atoms with van der Waals surface area (Å²) < 4.78 is 0. The van der Waals surface area contributed by atoms with Crippen molar-refractivity contribution in [2.24, 2.45) is 7.05 Å². The summed E-state index contributed by atoms with van der Waals surface area (Å²) in [6.45, 7) is -0.196. The molecule has 0 saturated heterocycles. The fourth-order valence-electron chi connectivity index (χ4n) is 2.09. The number of hydrogen-bond acceptors (Lipinski definition) is 6. The quantitative estimate of drug-likeness (QED) is 0.759. The van der Waals surface area contributed by atoms with Crippen molar-refractivity contribution in [1.82, 2.24) is 25.1 Å². The third-order valence-corrected chi connectivity index (χ3v) is 3.06. The summed E-state index contributed by atoms with van der Waals surface area (Å²) in [6.07, 6.45) is -1.16. The SMILES string of the molecule is Cn1nnc([C@@H](O)CN2C(=O)c3ccccc3C2=O)n1. The molecule has 0 saturated carbocycles. The Kier molecular flexibility index (Phi) is 2.79. The molecule has 0 bridgehead atoms. The molecule has 0 unspecified atom stereocenters. The minimum Gasteiger partial charge on any atom is -0.383 e. The number of rotatable bonds is 3. The summed E-state index contributed by atoms with van der Waals surface area (Å²) in [7, 11) is 1.56. The van der Waals surface area contributed by atoms with Gasteiger partial charge in [-0.1, -0.05) is 12.1 Å². The largest absolute Gasteiger partial charge is 0.383 e. The average molecular weight is 273 g/mol. The van der Waals surface area contributed by atoms with E-state index in [-0.39, 0.29) is 12.4 Å². The number of nitrogens with zero attached hydrogens (tertiary/aromatic N) is 5. The summed E-state index contributed by atoms with van der Waals surface area (Å²) in [4.78, 5) is 26.4. The Morgan fingerprint density at radius 2 is 1.80 bits per heavy atom. The predicted octanol–water partition coefficient (Wildman–Crippen LogP) is -0.460. The van der Waals surface area contributed by atoms with E-state index in [1.807, 2.05) is 0 Å². The van der Waals surface area contributed by atoms with Gasteiger partial charge in [0.1, 0.15) is 6.10 Å². The number of carbonyl (C=O) groups is 2.